The van der Waals surface area contributed by atoms with Crippen LogP contribution in [0.25, 0.3) is 0 Å². The standard InChI is InChI=1S/C10H24NO4P/c1-9(2,3)11-7-8-14-16(12,13)15-10(4,5)6/h11H,7-8H2,1-6H3,(H,12,13)/p-1. The maximum atomic E-state index is 11.3. The fourth-order valence-corrected chi connectivity index (χ4v) is 1.98. The van der Waals surface area contributed by atoms with Crippen molar-refractivity contribution in [1.82, 2.24) is 5.32 Å². The van der Waals surface area contributed by atoms with Crippen LogP contribution in [0.2, 0.25) is 0 Å². The van der Waals surface area contributed by atoms with Crippen LogP contribution in [0.15, 0.2) is 0 Å². The molecule has 0 fully saturated rings. The van der Waals surface area contributed by atoms with E-state index < -0.39 is 13.4 Å². The summed E-state index contributed by atoms with van der Waals surface area (Å²) in [6, 6.07) is 0. The molecule has 0 spiro atoms. The minimum atomic E-state index is -4.19. The highest BCUT2D eigenvalue weighted by Crippen LogP contribution is 2.42. The average Bonchev–Trinajstić information content (AvgIpc) is 1.91. The highest BCUT2D eigenvalue weighted by Gasteiger charge is 2.20. The van der Waals surface area contributed by atoms with Gasteiger partial charge in [0.15, 0.2) is 0 Å². The molecule has 1 unspecified atom stereocenters. The van der Waals surface area contributed by atoms with Gasteiger partial charge in [-0.05, 0) is 41.5 Å². The Hall–Kier alpha value is 0.0700. The molecule has 0 amide bonds. The van der Waals surface area contributed by atoms with E-state index in [0.717, 1.165) is 0 Å². The van der Waals surface area contributed by atoms with E-state index in [0.29, 0.717) is 6.54 Å². The van der Waals surface area contributed by atoms with E-state index in [-0.39, 0.29) is 12.1 Å². The lowest BCUT2D eigenvalue weighted by Gasteiger charge is -2.31. The van der Waals surface area contributed by atoms with E-state index in [1.165, 1.54) is 0 Å². The Morgan fingerprint density at radius 2 is 1.69 bits per heavy atom. The summed E-state index contributed by atoms with van der Waals surface area (Å²) in [7, 11) is -4.19. The molecule has 0 saturated carbocycles. The van der Waals surface area contributed by atoms with Crippen molar-refractivity contribution in [1.29, 1.82) is 0 Å². The fraction of sp³-hybridized carbons (Fsp3) is 1.00. The third kappa shape index (κ3) is 10.6. The van der Waals surface area contributed by atoms with Gasteiger partial charge in [-0.1, -0.05) is 0 Å². The second-order valence-corrected chi connectivity index (χ2v) is 7.00. The summed E-state index contributed by atoms with van der Waals surface area (Å²) in [5.41, 5.74) is -0.810. The van der Waals surface area contributed by atoms with Crippen LogP contribution >= 0.6 is 7.82 Å². The van der Waals surface area contributed by atoms with Crippen molar-refractivity contribution in [2.24, 2.45) is 0 Å². The van der Waals surface area contributed by atoms with Gasteiger partial charge in [-0.25, -0.2) is 0 Å². The van der Waals surface area contributed by atoms with Crippen molar-refractivity contribution >= 4 is 7.82 Å². The Balaban J connectivity index is 3.89. The predicted molar refractivity (Wildman–Crippen MR) is 62.2 cm³/mol. The van der Waals surface area contributed by atoms with Gasteiger partial charge in [-0.2, -0.15) is 0 Å². The van der Waals surface area contributed by atoms with Crippen molar-refractivity contribution in [3.63, 3.8) is 0 Å². The van der Waals surface area contributed by atoms with Crippen molar-refractivity contribution in [3.05, 3.63) is 0 Å². The van der Waals surface area contributed by atoms with Gasteiger partial charge in [0.25, 0.3) is 7.82 Å². The highest BCUT2D eigenvalue weighted by molar-refractivity contribution is 7.45. The molecule has 6 heteroatoms. The molecule has 0 saturated heterocycles. The summed E-state index contributed by atoms with van der Waals surface area (Å²) >= 11 is 0. The average molecular weight is 252 g/mol. The number of hydrogen-bond acceptors (Lipinski definition) is 5. The molecule has 0 aliphatic heterocycles. The van der Waals surface area contributed by atoms with E-state index in [2.05, 4.69) is 5.32 Å². The highest BCUT2D eigenvalue weighted by atomic mass is 31.2. The maximum absolute atomic E-state index is 11.3. The lowest BCUT2D eigenvalue weighted by Crippen LogP contribution is -2.38. The van der Waals surface area contributed by atoms with Crippen LogP contribution < -0.4 is 10.2 Å². The zero-order valence-corrected chi connectivity index (χ0v) is 11.9. The fourth-order valence-electron chi connectivity index (χ4n) is 0.945. The molecular weight excluding hydrogens is 229 g/mol. The lowest BCUT2D eigenvalue weighted by molar-refractivity contribution is -0.233. The summed E-state index contributed by atoms with van der Waals surface area (Å²) in [6.07, 6.45) is 0. The number of hydrogen-bond donors (Lipinski definition) is 1. The minimum absolute atomic E-state index is 0.0544. The van der Waals surface area contributed by atoms with Crippen molar-refractivity contribution in [2.45, 2.75) is 52.7 Å². The zero-order valence-electron chi connectivity index (χ0n) is 11.0. The van der Waals surface area contributed by atoms with Crippen LogP contribution in [0.1, 0.15) is 41.5 Å². The summed E-state index contributed by atoms with van der Waals surface area (Å²) in [5, 5.41) is 3.12. The molecule has 98 valence electrons. The van der Waals surface area contributed by atoms with Gasteiger partial charge in [0.05, 0.1) is 12.2 Å². The molecule has 5 nitrogen and oxygen atoms in total. The zero-order chi connectivity index (χ0) is 13.0. The SMILES string of the molecule is CC(C)(C)NCCOP(=O)([O-])OC(C)(C)C. The first-order valence-electron chi connectivity index (χ1n) is 5.33. The summed E-state index contributed by atoms with van der Waals surface area (Å²) < 4.78 is 20.8. The Morgan fingerprint density at radius 1 is 1.19 bits per heavy atom. The number of nitrogens with one attached hydrogen (secondary N) is 1. The molecule has 0 aromatic carbocycles. The molecule has 0 aliphatic rings. The van der Waals surface area contributed by atoms with E-state index in [9.17, 15) is 9.46 Å². The molecular formula is C10H23NO4P-. The monoisotopic (exact) mass is 252 g/mol. The number of phosphoric ester groups is 1. The molecule has 0 rings (SSSR count). The van der Waals surface area contributed by atoms with Gasteiger partial charge in [0, 0.05) is 12.1 Å². The van der Waals surface area contributed by atoms with Gasteiger partial charge in [0.2, 0.25) is 0 Å². The van der Waals surface area contributed by atoms with Crippen LogP contribution in [0, 0.1) is 0 Å². The third-order valence-electron chi connectivity index (χ3n) is 1.39. The second-order valence-electron chi connectivity index (χ2n) is 5.66. The summed E-state index contributed by atoms with van der Waals surface area (Å²) in [4.78, 5) is 11.3. The van der Waals surface area contributed by atoms with E-state index >= 15 is 0 Å². The Labute approximate surface area is 98.1 Å². The van der Waals surface area contributed by atoms with E-state index in [1.807, 2.05) is 20.8 Å². The minimum Gasteiger partial charge on any atom is -0.756 e. The van der Waals surface area contributed by atoms with Crippen molar-refractivity contribution < 1.29 is 18.5 Å². The molecule has 0 aliphatic carbocycles. The number of phosphoric acid groups is 1. The Kier molecular flexibility index (Phi) is 5.63. The van der Waals surface area contributed by atoms with Crippen LogP contribution in [-0.4, -0.2) is 24.3 Å². The van der Waals surface area contributed by atoms with E-state index in [4.69, 9.17) is 9.05 Å². The van der Waals surface area contributed by atoms with Gasteiger partial charge in [-0.3, -0.25) is 4.57 Å². The molecule has 1 N–H and O–H groups in total. The normalized spacial score (nSPS) is 17.2. The summed E-state index contributed by atoms with van der Waals surface area (Å²) in [5.74, 6) is 0. The van der Waals surface area contributed by atoms with Crippen LogP contribution in [0.5, 0.6) is 0 Å². The molecule has 0 heterocycles. The lowest BCUT2D eigenvalue weighted by atomic mass is 10.1. The van der Waals surface area contributed by atoms with Gasteiger partial charge >= 0.3 is 0 Å². The predicted octanol–water partition coefficient (Wildman–Crippen LogP) is 1.67. The first-order chi connectivity index (χ1) is 6.91. The van der Waals surface area contributed by atoms with Gasteiger partial charge in [-0.15, -0.1) is 0 Å². The molecule has 0 aromatic rings. The molecule has 0 radical (unpaired) electrons. The molecule has 0 aromatic heterocycles. The summed E-state index contributed by atoms with van der Waals surface area (Å²) in [6.45, 7) is 11.5. The molecule has 1 atom stereocenters. The first kappa shape index (κ1) is 16.1. The van der Waals surface area contributed by atoms with Crippen LogP contribution in [-0.2, 0) is 13.6 Å². The van der Waals surface area contributed by atoms with Crippen LogP contribution in [0.3, 0.4) is 0 Å². The second kappa shape index (κ2) is 5.61. The molecule has 16 heavy (non-hydrogen) atoms. The van der Waals surface area contributed by atoms with Gasteiger partial charge < -0.3 is 19.3 Å². The maximum Gasteiger partial charge on any atom is 0.268 e. The smallest absolute Gasteiger partial charge is 0.268 e. The van der Waals surface area contributed by atoms with Gasteiger partial charge in [0.1, 0.15) is 0 Å². The van der Waals surface area contributed by atoms with E-state index in [1.54, 1.807) is 20.8 Å². The Morgan fingerprint density at radius 3 is 2.06 bits per heavy atom. The Bertz CT molecular complexity index is 255. The van der Waals surface area contributed by atoms with Crippen molar-refractivity contribution in [2.75, 3.05) is 13.2 Å². The van der Waals surface area contributed by atoms with Crippen LogP contribution in [0.4, 0.5) is 0 Å². The van der Waals surface area contributed by atoms with Crippen molar-refractivity contribution in [3.8, 4) is 0 Å². The topological polar surface area (TPSA) is 70.6 Å². The third-order valence-corrected chi connectivity index (χ3v) is 2.66. The first-order valence-corrected chi connectivity index (χ1v) is 6.79. The number of rotatable bonds is 5. The molecule has 0 bridgehead atoms. The largest absolute Gasteiger partial charge is 0.756 e. The quantitative estimate of drug-likeness (QED) is 0.595.